The molecule has 2 aromatic heterocycles. The second-order valence-electron chi connectivity index (χ2n) is 5.47. The molecule has 27 heavy (non-hydrogen) atoms. The molecule has 2 heterocycles. The number of carbonyl (C=O) groups is 1. The van der Waals surface area contributed by atoms with E-state index in [-0.39, 0.29) is 34.6 Å². The SMILES string of the molecule is COCCOc1ccc(NC(=O)c2cnc3[nH]c(=O)[nH]c(=O)c3c2)cc1F. The van der Waals surface area contributed by atoms with Crippen molar-refractivity contribution in [3.63, 3.8) is 0 Å². The van der Waals surface area contributed by atoms with Gasteiger partial charge < -0.3 is 14.8 Å². The lowest BCUT2D eigenvalue weighted by molar-refractivity contribution is 0.102. The van der Waals surface area contributed by atoms with Crippen molar-refractivity contribution in [3.05, 3.63) is 62.7 Å². The highest BCUT2D eigenvalue weighted by Gasteiger charge is 2.12. The Hall–Kier alpha value is -3.53. The molecule has 3 aromatic rings. The predicted octanol–water partition coefficient (Wildman–Crippen LogP) is 1.03. The number of anilines is 1. The number of benzene rings is 1. The Bertz CT molecular complexity index is 1110. The van der Waals surface area contributed by atoms with Crippen molar-refractivity contribution < 1.29 is 18.7 Å². The Morgan fingerprint density at radius 1 is 1.22 bits per heavy atom. The number of aromatic nitrogens is 3. The lowest BCUT2D eigenvalue weighted by Gasteiger charge is -2.09. The number of fused-ring (bicyclic) bond motifs is 1. The van der Waals surface area contributed by atoms with Crippen LogP contribution in [0.1, 0.15) is 10.4 Å². The van der Waals surface area contributed by atoms with E-state index < -0.39 is 23.0 Å². The Morgan fingerprint density at radius 2 is 2.04 bits per heavy atom. The molecule has 140 valence electrons. The molecule has 9 nitrogen and oxygen atoms in total. The lowest BCUT2D eigenvalue weighted by Crippen LogP contribution is -2.23. The number of aromatic amines is 2. The fourth-order valence-corrected chi connectivity index (χ4v) is 2.30. The van der Waals surface area contributed by atoms with Gasteiger partial charge >= 0.3 is 5.69 Å². The van der Waals surface area contributed by atoms with Crippen molar-refractivity contribution >= 4 is 22.6 Å². The van der Waals surface area contributed by atoms with Gasteiger partial charge in [-0.25, -0.2) is 14.2 Å². The highest BCUT2D eigenvalue weighted by atomic mass is 19.1. The average molecular weight is 374 g/mol. The summed E-state index contributed by atoms with van der Waals surface area (Å²) in [6, 6.07) is 5.25. The molecule has 0 aliphatic rings. The molecule has 0 aliphatic heterocycles. The minimum absolute atomic E-state index is 0.0351. The van der Waals surface area contributed by atoms with Crippen molar-refractivity contribution in [1.29, 1.82) is 0 Å². The van der Waals surface area contributed by atoms with E-state index in [2.05, 4.69) is 20.3 Å². The third-order valence-electron chi connectivity index (χ3n) is 3.59. The highest BCUT2D eigenvalue weighted by molar-refractivity contribution is 6.05. The fourth-order valence-electron chi connectivity index (χ4n) is 2.30. The van der Waals surface area contributed by atoms with Gasteiger partial charge in [0.25, 0.3) is 11.5 Å². The Balaban J connectivity index is 1.79. The summed E-state index contributed by atoms with van der Waals surface area (Å²) >= 11 is 0. The van der Waals surface area contributed by atoms with Gasteiger partial charge in [-0.1, -0.05) is 0 Å². The summed E-state index contributed by atoms with van der Waals surface area (Å²) in [7, 11) is 1.51. The summed E-state index contributed by atoms with van der Waals surface area (Å²) in [5.41, 5.74) is -1.03. The molecule has 3 N–H and O–H groups in total. The molecule has 0 fully saturated rings. The van der Waals surface area contributed by atoms with Crippen LogP contribution in [0.4, 0.5) is 10.1 Å². The highest BCUT2D eigenvalue weighted by Crippen LogP contribution is 2.21. The number of carbonyl (C=O) groups excluding carboxylic acids is 1. The quantitative estimate of drug-likeness (QED) is 0.553. The molecule has 0 saturated heterocycles. The summed E-state index contributed by atoms with van der Waals surface area (Å²) in [6.07, 6.45) is 1.20. The van der Waals surface area contributed by atoms with Gasteiger partial charge in [-0.3, -0.25) is 19.6 Å². The second kappa shape index (κ2) is 7.79. The van der Waals surface area contributed by atoms with Crippen LogP contribution in [0.2, 0.25) is 0 Å². The van der Waals surface area contributed by atoms with Gasteiger partial charge in [-0.15, -0.1) is 0 Å². The standard InChI is InChI=1S/C17H15FN4O5/c1-26-4-5-27-13-3-2-10(7-12(13)18)20-15(23)9-6-11-14(19-8-9)21-17(25)22-16(11)24/h2-3,6-8H,4-5H2,1H3,(H,20,23)(H2,19,21,22,24,25). The van der Waals surface area contributed by atoms with E-state index in [4.69, 9.17) is 9.47 Å². The normalized spacial score (nSPS) is 10.7. The van der Waals surface area contributed by atoms with E-state index in [9.17, 15) is 18.8 Å². The average Bonchev–Trinajstić information content (AvgIpc) is 2.63. The smallest absolute Gasteiger partial charge is 0.327 e. The fraction of sp³-hybridized carbons (Fsp3) is 0.176. The number of rotatable bonds is 6. The van der Waals surface area contributed by atoms with E-state index >= 15 is 0 Å². The minimum Gasteiger partial charge on any atom is -0.488 e. The van der Waals surface area contributed by atoms with Crippen LogP contribution in [0.25, 0.3) is 11.0 Å². The van der Waals surface area contributed by atoms with Crippen molar-refractivity contribution in [2.24, 2.45) is 0 Å². The molecule has 0 bridgehead atoms. The van der Waals surface area contributed by atoms with Crippen LogP contribution >= 0.6 is 0 Å². The molecule has 0 radical (unpaired) electrons. The maximum absolute atomic E-state index is 14.0. The zero-order chi connectivity index (χ0) is 19.4. The first-order valence-corrected chi connectivity index (χ1v) is 7.83. The summed E-state index contributed by atoms with van der Waals surface area (Å²) in [5, 5.41) is 2.56. The van der Waals surface area contributed by atoms with E-state index in [0.29, 0.717) is 6.61 Å². The van der Waals surface area contributed by atoms with Gasteiger partial charge in [-0.05, 0) is 18.2 Å². The van der Waals surface area contributed by atoms with Crippen LogP contribution in [0.3, 0.4) is 0 Å². The first-order chi connectivity index (χ1) is 13.0. The summed E-state index contributed by atoms with van der Waals surface area (Å²) < 4.78 is 24.0. The maximum atomic E-state index is 14.0. The number of ether oxygens (including phenoxy) is 2. The zero-order valence-corrected chi connectivity index (χ0v) is 14.2. The first kappa shape index (κ1) is 18.3. The molecule has 0 spiro atoms. The number of nitrogens with zero attached hydrogens (tertiary/aromatic N) is 1. The molecule has 1 amide bonds. The number of halogens is 1. The van der Waals surface area contributed by atoms with Crippen molar-refractivity contribution in [2.75, 3.05) is 25.6 Å². The van der Waals surface area contributed by atoms with Gasteiger partial charge in [0.1, 0.15) is 12.3 Å². The molecule has 0 atom stereocenters. The van der Waals surface area contributed by atoms with E-state index in [1.54, 1.807) is 0 Å². The van der Waals surface area contributed by atoms with Crippen molar-refractivity contribution in [2.45, 2.75) is 0 Å². The van der Waals surface area contributed by atoms with Gasteiger partial charge in [0, 0.05) is 25.1 Å². The Morgan fingerprint density at radius 3 is 2.78 bits per heavy atom. The Kier molecular flexibility index (Phi) is 5.27. The third-order valence-corrected chi connectivity index (χ3v) is 3.59. The van der Waals surface area contributed by atoms with Gasteiger partial charge in [0.15, 0.2) is 11.6 Å². The molecule has 3 rings (SSSR count). The van der Waals surface area contributed by atoms with Crippen LogP contribution in [0, 0.1) is 5.82 Å². The van der Waals surface area contributed by atoms with E-state index in [1.807, 2.05) is 0 Å². The molecule has 0 saturated carbocycles. The van der Waals surface area contributed by atoms with Crippen LogP contribution in [-0.2, 0) is 4.74 Å². The number of hydrogen-bond donors (Lipinski definition) is 3. The summed E-state index contributed by atoms with van der Waals surface area (Å²) in [4.78, 5) is 43.7. The van der Waals surface area contributed by atoms with Crippen molar-refractivity contribution in [1.82, 2.24) is 15.0 Å². The number of methoxy groups -OCH3 is 1. The van der Waals surface area contributed by atoms with Crippen LogP contribution in [-0.4, -0.2) is 41.2 Å². The summed E-state index contributed by atoms with van der Waals surface area (Å²) in [6.45, 7) is 0.510. The first-order valence-electron chi connectivity index (χ1n) is 7.83. The topological polar surface area (TPSA) is 126 Å². The third kappa shape index (κ3) is 4.18. The molecular formula is C17H15FN4O5. The van der Waals surface area contributed by atoms with Gasteiger partial charge in [0.2, 0.25) is 0 Å². The monoisotopic (exact) mass is 374 g/mol. The van der Waals surface area contributed by atoms with Gasteiger partial charge in [-0.2, -0.15) is 0 Å². The maximum Gasteiger partial charge on any atom is 0.327 e. The largest absolute Gasteiger partial charge is 0.488 e. The van der Waals surface area contributed by atoms with E-state index in [0.717, 1.165) is 6.07 Å². The molecule has 1 aromatic carbocycles. The molecule has 10 heteroatoms. The molecular weight excluding hydrogens is 359 g/mol. The number of pyridine rings is 1. The minimum atomic E-state index is -0.694. The predicted molar refractivity (Wildman–Crippen MR) is 94.7 cm³/mol. The number of hydrogen-bond acceptors (Lipinski definition) is 6. The number of H-pyrrole nitrogens is 2. The van der Waals surface area contributed by atoms with Crippen LogP contribution in [0.15, 0.2) is 40.1 Å². The lowest BCUT2D eigenvalue weighted by atomic mass is 10.2. The Labute approximate surface area is 151 Å². The van der Waals surface area contributed by atoms with E-state index in [1.165, 1.54) is 31.5 Å². The number of nitrogens with one attached hydrogen (secondary N) is 3. The zero-order valence-electron chi connectivity index (χ0n) is 14.2. The summed E-state index contributed by atoms with van der Waals surface area (Å²) in [5.74, 6) is -1.20. The van der Waals surface area contributed by atoms with Crippen LogP contribution < -0.4 is 21.3 Å². The van der Waals surface area contributed by atoms with Crippen molar-refractivity contribution in [3.8, 4) is 5.75 Å². The molecule has 0 unspecified atom stereocenters. The van der Waals surface area contributed by atoms with Gasteiger partial charge in [0.05, 0.1) is 17.6 Å². The second-order valence-corrected chi connectivity index (χ2v) is 5.47. The number of amides is 1. The van der Waals surface area contributed by atoms with Crippen LogP contribution in [0.5, 0.6) is 5.75 Å². The molecule has 0 aliphatic carbocycles.